The van der Waals surface area contributed by atoms with Crippen molar-refractivity contribution in [3.8, 4) is 5.75 Å². The molecule has 6 heteroatoms. The Morgan fingerprint density at radius 3 is 2.52 bits per heavy atom. The number of amides is 3. The van der Waals surface area contributed by atoms with Crippen LogP contribution in [0, 0.1) is 13.8 Å². The third-order valence-electron chi connectivity index (χ3n) is 4.68. The van der Waals surface area contributed by atoms with Crippen molar-refractivity contribution in [1.82, 2.24) is 15.2 Å². The Labute approximate surface area is 146 Å². The van der Waals surface area contributed by atoms with Gasteiger partial charge in [0.05, 0.1) is 19.3 Å². The molecule has 1 aliphatic heterocycles. The maximum absolute atomic E-state index is 13.0. The zero-order valence-corrected chi connectivity index (χ0v) is 14.8. The molecule has 1 atom stereocenters. The Bertz CT molecular complexity index is 835. The van der Waals surface area contributed by atoms with E-state index in [1.807, 2.05) is 44.2 Å². The first-order valence-corrected chi connectivity index (χ1v) is 8.07. The number of pyridine rings is 1. The smallest absolute Gasteiger partial charge is 0.325 e. The van der Waals surface area contributed by atoms with Crippen LogP contribution in [-0.4, -0.2) is 28.9 Å². The molecule has 2 heterocycles. The first-order chi connectivity index (χ1) is 11.9. The van der Waals surface area contributed by atoms with Gasteiger partial charge in [-0.3, -0.25) is 14.7 Å². The van der Waals surface area contributed by atoms with Gasteiger partial charge in [0.2, 0.25) is 0 Å². The van der Waals surface area contributed by atoms with Crippen LogP contribution in [0.15, 0.2) is 36.5 Å². The molecule has 0 bridgehead atoms. The average Bonchev–Trinajstić information content (AvgIpc) is 2.82. The predicted octanol–water partition coefficient (Wildman–Crippen LogP) is 2.67. The fourth-order valence-corrected chi connectivity index (χ4v) is 3.19. The molecule has 1 N–H and O–H groups in total. The SMILES string of the molecule is COc1c(C)cnc(CN2C(=O)NC(C)(c3ccccc3)C2=O)c1C. The number of ether oxygens (including phenoxy) is 1. The largest absolute Gasteiger partial charge is 0.496 e. The van der Waals surface area contributed by atoms with Crippen molar-refractivity contribution in [3.05, 3.63) is 58.9 Å². The molecule has 1 aromatic heterocycles. The number of benzene rings is 1. The average molecular weight is 339 g/mol. The lowest BCUT2D eigenvalue weighted by Crippen LogP contribution is -2.40. The van der Waals surface area contributed by atoms with Gasteiger partial charge in [-0.15, -0.1) is 0 Å². The Hall–Kier alpha value is -2.89. The Morgan fingerprint density at radius 1 is 1.20 bits per heavy atom. The summed E-state index contributed by atoms with van der Waals surface area (Å²) in [6.45, 7) is 5.61. The third-order valence-corrected chi connectivity index (χ3v) is 4.68. The zero-order chi connectivity index (χ0) is 18.2. The van der Waals surface area contributed by atoms with E-state index in [9.17, 15) is 9.59 Å². The maximum atomic E-state index is 13.0. The summed E-state index contributed by atoms with van der Waals surface area (Å²) >= 11 is 0. The fraction of sp³-hybridized carbons (Fsp3) is 0.316. The summed E-state index contributed by atoms with van der Waals surface area (Å²) < 4.78 is 5.40. The molecule has 6 nitrogen and oxygen atoms in total. The van der Waals surface area contributed by atoms with E-state index >= 15 is 0 Å². The van der Waals surface area contributed by atoms with Gasteiger partial charge in [0, 0.05) is 17.3 Å². The van der Waals surface area contributed by atoms with Crippen molar-refractivity contribution in [2.45, 2.75) is 32.9 Å². The van der Waals surface area contributed by atoms with E-state index in [1.54, 1.807) is 20.2 Å². The molecule has 1 aromatic carbocycles. The van der Waals surface area contributed by atoms with Crippen LogP contribution in [0.4, 0.5) is 4.79 Å². The lowest BCUT2D eigenvalue weighted by molar-refractivity contribution is -0.131. The van der Waals surface area contributed by atoms with E-state index in [0.29, 0.717) is 5.69 Å². The number of carbonyl (C=O) groups is 2. The van der Waals surface area contributed by atoms with Crippen LogP contribution in [0.3, 0.4) is 0 Å². The third kappa shape index (κ3) is 2.73. The lowest BCUT2D eigenvalue weighted by Gasteiger charge is -2.22. The summed E-state index contributed by atoms with van der Waals surface area (Å²) in [6.07, 6.45) is 1.69. The lowest BCUT2D eigenvalue weighted by atomic mass is 9.92. The van der Waals surface area contributed by atoms with Crippen LogP contribution in [0.5, 0.6) is 5.75 Å². The van der Waals surface area contributed by atoms with Gasteiger partial charge in [-0.2, -0.15) is 0 Å². The molecule has 3 rings (SSSR count). The van der Waals surface area contributed by atoms with Crippen LogP contribution in [0.25, 0.3) is 0 Å². The van der Waals surface area contributed by atoms with Crippen molar-refractivity contribution in [2.75, 3.05) is 7.11 Å². The number of hydrogen-bond donors (Lipinski definition) is 1. The predicted molar refractivity (Wildman–Crippen MR) is 93.1 cm³/mol. The zero-order valence-electron chi connectivity index (χ0n) is 14.8. The van der Waals surface area contributed by atoms with Crippen molar-refractivity contribution in [1.29, 1.82) is 0 Å². The molecule has 130 valence electrons. The number of hydrogen-bond acceptors (Lipinski definition) is 4. The van der Waals surface area contributed by atoms with Gasteiger partial charge in [-0.1, -0.05) is 30.3 Å². The number of carbonyl (C=O) groups excluding carboxylic acids is 2. The van der Waals surface area contributed by atoms with E-state index in [1.165, 1.54) is 4.90 Å². The number of urea groups is 1. The quantitative estimate of drug-likeness (QED) is 0.870. The first kappa shape index (κ1) is 17.0. The fourth-order valence-electron chi connectivity index (χ4n) is 3.19. The number of rotatable bonds is 4. The van der Waals surface area contributed by atoms with Crippen LogP contribution < -0.4 is 10.1 Å². The van der Waals surface area contributed by atoms with Crippen molar-refractivity contribution >= 4 is 11.9 Å². The van der Waals surface area contributed by atoms with Crippen molar-refractivity contribution in [3.63, 3.8) is 0 Å². The van der Waals surface area contributed by atoms with Gasteiger partial charge < -0.3 is 10.1 Å². The van der Waals surface area contributed by atoms with Crippen molar-refractivity contribution < 1.29 is 14.3 Å². The van der Waals surface area contributed by atoms with Crippen LogP contribution >= 0.6 is 0 Å². The molecular weight excluding hydrogens is 318 g/mol. The topological polar surface area (TPSA) is 71.5 Å². The van der Waals surface area contributed by atoms with Gasteiger partial charge in [-0.05, 0) is 26.3 Å². The summed E-state index contributed by atoms with van der Waals surface area (Å²) in [6, 6.07) is 8.81. The Morgan fingerprint density at radius 2 is 1.88 bits per heavy atom. The molecule has 0 saturated carbocycles. The first-order valence-electron chi connectivity index (χ1n) is 8.07. The number of aryl methyl sites for hydroxylation is 1. The number of nitrogens with zero attached hydrogens (tertiary/aromatic N) is 2. The second kappa shape index (κ2) is 6.20. The van der Waals surface area contributed by atoms with E-state index in [4.69, 9.17) is 4.74 Å². The minimum absolute atomic E-state index is 0.107. The Kier molecular flexibility index (Phi) is 4.20. The van der Waals surface area contributed by atoms with Crippen LogP contribution in [-0.2, 0) is 16.9 Å². The second-order valence-corrected chi connectivity index (χ2v) is 6.36. The highest BCUT2D eigenvalue weighted by Crippen LogP contribution is 2.31. The highest BCUT2D eigenvalue weighted by atomic mass is 16.5. The van der Waals surface area contributed by atoms with E-state index in [0.717, 1.165) is 22.4 Å². The number of methoxy groups -OCH3 is 1. The van der Waals surface area contributed by atoms with E-state index in [2.05, 4.69) is 10.3 Å². The number of aromatic nitrogens is 1. The molecule has 25 heavy (non-hydrogen) atoms. The van der Waals surface area contributed by atoms with Crippen LogP contribution in [0.1, 0.15) is 29.3 Å². The molecular formula is C19H21N3O3. The standard InChI is InChI=1S/C19H21N3O3/c1-12-10-20-15(13(2)16(12)25-4)11-22-17(23)19(3,21-18(22)24)14-8-6-5-7-9-14/h5-10H,11H2,1-4H3,(H,21,24). The highest BCUT2D eigenvalue weighted by molar-refractivity contribution is 6.07. The van der Waals surface area contributed by atoms with Gasteiger partial charge in [0.25, 0.3) is 5.91 Å². The molecule has 0 spiro atoms. The molecule has 1 saturated heterocycles. The summed E-state index contributed by atoms with van der Waals surface area (Å²) in [7, 11) is 1.60. The molecule has 0 aliphatic carbocycles. The summed E-state index contributed by atoms with van der Waals surface area (Å²) in [5.74, 6) is 0.437. The molecule has 1 fully saturated rings. The highest BCUT2D eigenvalue weighted by Gasteiger charge is 2.49. The molecule has 1 unspecified atom stereocenters. The van der Waals surface area contributed by atoms with Crippen LogP contribution in [0.2, 0.25) is 0 Å². The minimum atomic E-state index is -1.07. The van der Waals surface area contributed by atoms with Gasteiger partial charge >= 0.3 is 6.03 Å². The monoisotopic (exact) mass is 339 g/mol. The number of imide groups is 1. The molecule has 2 aromatic rings. The van der Waals surface area contributed by atoms with Crippen molar-refractivity contribution in [2.24, 2.45) is 0 Å². The van der Waals surface area contributed by atoms with E-state index < -0.39 is 11.6 Å². The molecule has 1 aliphatic rings. The summed E-state index contributed by atoms with van der Waals surface area (Å²) in [5, 5.41) is 2.80. The maximum Gasteiger partial charge on any atom is 0.325 e. The second-order valence-electron chi connectivity index (χ2n) is 6.36. The summed E-state index contributed by atoms with van der Waals surface area (Å²) in [4.78, 5) is 31.0. The van der Waals surface area contributed by atoms with E-state index in [-0.39, 0.29) is 12.5 Å². The molecule has 3 amide bonds. The van der Waals surface area contributed by atoms with Gasteiger partial charge in [0.1, 0.15) is 11.3 Å². The Balaban J connectivity index is 1.92. The normalized spacial score (nSPS) is 19.9. The van der Waals surface area contributed by atoms with Gasteiger partial charge in [-0.25, -0.2) is 4.79 Å². The minimum Gasteiger partial charge on any atom is -0.496 e. The molecule has 0 radical (unpaired) electrons. The van der Waals surface area contributed by atoms with Gasteiger partial charge in [0.15, 0.2) is 0 Å². The number of nitrogens with one attached hydrogen (secondary N) is 1. The summed E-state index contributed by atoms with van der Waals surface area (Å²) in [5.41, 5.74) is 2.07.